The van der Waals surface area contributed by atoms with Gasteiger partial charge in [-0.3, -0.25) is 0 Å². The Morgan fingerprint density at radius 3 is 1.43 bits per heavy atom. The molecule has 0 fully saturated rings. The van der Waals surface area contributed by atoms with E-state index in [4.69, 9.17) is 5.11 Å². The molecule has 7 nitrogen and oxygen atoms in total. The third kappa shape index (κ3) is 4.80. The van der Waals surface area contributed by atoms with Gasteiger partial charge in [0, 0.05) is 24.8 Å². The molecule has 0 saturated carbocycles. The average molecular weight is 243 g/mol. The Kier molecular flexibility index (Phi) is 6.13. The van der Waals surface area contributed by atoms with Crippen LogP contribution in [0, 0.1) is 0 Å². The van der Waals surface area contributed by atoms with Gasteiger partial charge in [-0.2, -0.15) is 0 Å². The van der Waals surface area contributed by atoms with Crippen LogP contribution in [0.15, 0.2) is 0 Å². The molecule has 0 amide bonds. The van der Waals surface area contributed by atoms with Gasteiger partial charge in [0.15, 0.2) is 0 Å². The van der Waals surface area contributed by atoms with Crippen LogP contribution in [0.1, 0.15) is 12.8 Å². The molecule has 0 aromatic carbocycles. The molecule has 8 heteroatoms. The van der Waals surface area contributed by atoms with E-state index in [0.29, 0.717) is 0 Å². The smallest absolute Gasteiger partial charge is 0.550 e. The summed E-state index contributed by atoms with van der Waals surface area (Å²) in [7, 11) is 0. The van der Waals surface area contributed by atoms with Gasteiger partial charge in [0.2, 0.25) is 0 Å². The fraction of sp³-hybridized carbons (Fsp3) is 0.500. The van der Waals surface area contributed by atoms with Gasteiger partial charge in [0.05, 0.1) is 5.97 Å². The Morgan fingerprint density at radius 2 is 1.29 bits per heavy atom. The molecule has 0 aromatic heterocycles. The summed E-state index contributed by atoms with van der Waals surface area (Å²) < 4.78 is 0. The maximum absolute atomic E-state index is 10.1. The van der Waals surface area contributed by atoms with Crippen LogP contribution in [0.3, 0.4) is 0 Å². The van der Waals surface area contributed by atoms with E-state index in [1.165, 1.54) is 0 Å². The number of aliphatic carboxylic acids is 3. The van der Waals surface area contributed by atoms with Crippen LogP contribution in [0.2, 0.25) is 0 Å². The number of carboxylic acids is 3. The number of carbonyl (C=O) groups is 3. The number of hydrogen-bond donors (Lipinski definition) is 1. The van der Waals surface area contributed by atoms with E-state index in [1.807, 2.05) is 0 Å². The Hall–Kier alpha value is -1.11. The topological polar surface area (TPSA) is 141 Å². The van der Waals surface area contributed by atoms with E-state index in [1.54, 1.807) is 0 Å². The second kappa shape index (κ2) is 5.58. The standard InChI is InChI=1S/C6H8O7.Fe/c7-3(8)1-6(13,5(11)12)2-4(9)10;/h13H,1-2H2,(H,7,8)(H,9,10)(H,11,12);/q;+3/p-3/i;1-2. The Bertz CT molecular complexity index is 233. The molecular formula is C6H5FeO7. The van der Waals surface area contributed by atoms with Gasteiger partial charge in [-0.1, -0.05) is 0 Å². The molecule has 1 radical (unpaired) electrons. The van der Waals surface area contributed by atoms with E-state index in [0.717, 1.165) is 0 Å². The van der Waals surface area contributed by atoms with Crippen molar-refractivity contribution in [2.75, 3.05) is 0 Å². The minimum atomic E-state index is -2.97. The Labute approximate surface area is 88.8 Å². The third-order valence-corrected chi connectivity index (χ3v) is 1.25. The van der Waals surface area contributed by atoms with Crippen LogP contribution in [0.4, 0.5) is 0 Å². The van der Waals surface area contributed by atoms with Gasteiger partial charge in [0.1, 0.15) is 5.60 Å². The SMILES string of the molecule is O=C([O-])CC(O)(CC(=O)[O-])C(=O)[O-].[54Fe+3]. The largest absolute Gasteiger partial charge is 3.00 e. The van der Waals surface area contributed by atoms with Crippen molar-refractivity contribution < 1.29 is 51.9 Å². The molecule has 0 heterocycles. The van der Waals surface area contributed by atoms with Gasteiger partial charge in [0.25, 0.3) is 0 Å². The molecular weight excluding hydrogens is 238 g/mol. The zero-order valence-electron chi connectivity index (χ0n) is 6.66. The van der Waals surface area contributed by atoms with Crippen molar-refractivity contribution in [2.24, 2.45) is 0 Å². The average Bonchev–Trinajstić information content (AvgIpc) is 1.82. The zero-order chi connectivity index (χ0) is 10.6. The van der Waals surface area contributed by atoms with Crippen LogP contribution in [-0.4, -0.2) is 28.6 Å². The van der Waals surface area contributed by atoms with E-state index in [-0.39, 0.29) is 17.1 Å². The fourth-order valence-electron chi connectivity index (χ4n) is 0.684. The second-order valence-electron chi connectivity index (χ2n) is 2.42. The number of carboxylic acid groups (broad SMARTS) is 3. The predicted octanol–water partition coefficient (Wildman–Crippen LogP) is -5.26. The molecule has 0 saturated heterocycles. The van der Waals surface area contributed by atoms with Crippen molar-refractivity contribution in [2.45, 2.75) is 18.4 Å². The number of hydrogen-bond acceptors (Lipinski definition) is 7. The normalized spacial score (nSPS) is 10.1. The summed E-state index contributed by atoms with van der Waals surface area (Å²) in [6.07, 6.45) is -2.72. The van der Waals surface area contributed by atoms with E-state index >= 15 is 0 Å². The first-order valence-electron chi connectivity index (χ1n) is 3.11. The molecule has 79 valence electrons. The molecule has 14 heavy (non-hydrogen) atoms. The molecule has 1 N–H and O–H groups in total. The molecule has 0 aliphatic rings. The first-order valence-corrected chi connectivity index (χ1v) is 3.11. The molecule has 0 spiro atoms. The van der Waals surface area contributed by atoms with Gasteiger partial charge >= 0.3 is 17.1 Å². The summed E-state index contributed by atoms with van der Waals surface area (Å²) in [5.74, 6) is -5.98. The van der Waals surface area contributed by atoms with E-state index < -0.39 is 36.4 Å². The number of aliphatic hydroxyl groups is 1. The van der Waals surface area contributed by atoms with Crippen LogP contribution in [0.5, 0.6) is 0 Å². The summed E-state index contributed by atoms with van der Waals surface area (Å²) in [5, 5.41) is 38.9. The van der Waals surface area contributed by atoms with Crippen LogP contribution in [-0.2, 0) is 31.5 Å². The molecule has 0 bridgehead atoms. The van der Waals surface area contributed by atoms with Gasteiger partial charge in [-0.05, 0) is 0 Å². The first kappa shape index (κ1) is 15.4. The van der Waals surface area contributed by atoms with E-state index in [9.17, 15) is 29.7 Å². The second-order valence-corrected chi connectivity index (χ2v) is 2.42. The summed E-state index contributed by atoms with van der Waals surface area (Å²) in [5.41, 5.74) is -2.97. The van der Waals surface area contributed by atoms with Crippen LogP contribution >= 0.6 is 0 Å². The van der Waals surface area contributed by atoms with Crippen molar-refractivity contribution >= 4 is 17.9 Å². The first-order chi connectivity index (χ1) is 5.78. The molecule has 0 aliphatic carbocycles. The van der Waals surface area contributed by atoms with Crippen molar-refractivity contribution in [3.63, 3.8) is 0 Å². The van der Waals surface area contributed by atoms with E-state index in [2.05, 4.69) is 0 Å². The molecule has 0 rings (SSSR count). The Balaban J connectivity index is 0. The van der Waals surface area contributed by atoms with Crippen molar-refractivity contribution in [1.82, 2.24) is 0 Å². The molecule has 0 unspecified atom stereocenters. The number of rotatable bonds is 5. The zero-order valence-corrected chi connectivity index (χ0v) is 7.77. The van der Waals surface area contributed by atoms with Crippen molar-refractivity contribution in [1.29, 1.82) is 0 Å². The number of carbonyl (C=O) groups excluding carboxylic acids is 3. The maximum Gasteiger partial charge on any atom is 3.00 e. The predicted molar refractivity (Wildman–Crippen MR) is 29.2 cm³/mol. The summed E-state index contributed by atoms with van der Waals surface area (Å²) in [4.78, 5) is 30.0. The monoisotopic (exact) mass is 243 g/mol. The summed E-state index contributed by atoms with van der Waals surface area (Å²) in [6.45, 7) is 0. The van der Waals surface area contributed by atoms with Crippen LogP contribution in [0.25, 0.3) is 0 Å². The molecule has 0 aromatic rings. The van der Waals surface area contributed by atoms with Crippen molar-refractivity contribution in [3.8, 4) is 0 Å². The maximum atomic E-state index is 10.1. The van der Waals surface area contributed by atoms with Crippen LogP contribution < -0.4 is 15.3 Å². The molecule has 0 atom stereocenters. The minimum Gasteiger partial charge on any atom is -0.550 e. The van der Waals surface area contributed by atoms with Gasteiger partial charge < -0.3 is 34.8 Å². The van der Waals surface area contributed by atoms with Gasteiger partial charge in [-0.25, -0.2) is 0 Å². The third-order valence-electron chi connectivity index (χ3n) is 1.25. The molecule has 0 aliphatic heterocycles. The van der Waals surface area contributed by atoms with Gasteiger partial charge in [-0.15, -0.1) is 0 Å². The quantitative estimate of drug-likeness (QED) is 0.475. The Morgan fingerprint density at radius 1 is 1.00 bits per heavy atom. The summed E-state index contributed by atoms with van der Waals surface area (Å²) in [6, 6.07) is 0. The minimum absolute atomic E-state index is 0. The van der Waals surface area contributed by atoms with Crippen molar-refractivity contribution in [3.05, 3.63) is 0 Å². The fourth-order valence-corrected chi connectivity index (χ4v) is 0.684. The summed E-state index contributed by atoms with van der Waals surface area (Å²) >= 11 is 0.